The average Bonchev–Trinajstić information content (AvgIpc) is 2.90. The fourth-order valence-electron chi connectivity index (χ4n) is 4.62. The molecule has 202 valence electrons. The van der Waals surface area contributed by atoms with Crippen LogP contribution in [0.2, 0.25) is 0 Å². The van der Waals surface area contributed by atoms with Crippen molar-refractivity contribution in [2.24, 2.45) is 0 Å². The first kappa shape index (κ1) is 27.4. The van der Waals surface area contributed by atoms with Gasteiger partial charge in [-0.1, -0.05) is 12.1 Å². The fraction of sp³-hybridized carbons (Fsp3) is 0.367. The number of nitrogens with zero attached hydrogens (tertiary/aromatic N) is 1. The van der Waals surface area contributed by atoms with Crippen molar-refractivity contribution in [1.82, 2.24) is 4.90 Å². The molecule has 0 radical (unpaired) electrons. The number of carboxylic acid groups (broad SMARTS) is 1. The maximum atomic E-state index is 13.5. The van der Waals surface area contributed by atoms with Gasteiger partial charge in [0.05, 0.1) is 24.3 Å². The van der Waals surface area contributed by atoms with Crippen LogP contribution in [0.4, 0.5) is 4.39 Å². The first-order chi connectivity index (χ1) is 18.3. The molecule has 7 nitrogen and oxygen atoms in total. The molecule has 1 aliphatic heterocycles. The number of hydrogen-bond donors (Lipinski definition) is 2. The molecule has 3 aromatic carbocycles. The van der Waals surface area contributed by atoms with Crippen molar-refractivity contribution in [3.63, 3.8) is 0 Å². The summed E-state index contributed by atoms with van der Waals surface area (Å²) in [6.45, 7) is 7.00. The first-order valence-electron chi connectivity index (χ1n) is 12.9. The Kier molecular flexibility index (Phi) is 8.86. The number of carboxylic acids is 1. The molecular weight excluding hydrogens is 489 g/mol. The highest BCUT2D eigenvalue weighted by Gasteiger charge is 2.33. The highest BCUT2D eigenvalue weighted by Crippen LogP contribution is 2.40. The molecule has 3 aromatic rings. The van der Waals surface area contributed by atoms with E-state index in [9.17, 15) is 14.3 Å². The van der Waals surface area contributed by atoms with Crippen molar-refractivity contribution in [3.8, 4) is 28.4 Å². The Morgan fingerprint density at radius 2 is 1.50 bits per heavy atom. The summed E-state index contributed by atoms with van der Waals surface area (Å²) in [5.74, 6) is 0.619. The number of rotatable bonds is 11. The van der Waals surface area contributed by atoms with Crippen LogP contribution in [0.1, 0.15) is 42.6 Å². The number of aromatic carboxylic acids is 1. The minimum Gasteiger partial charge on any atom is -0.493 e. The van der Waals surface area contributed by atoms with Gasteiger partial charge in [-0.15, -0.1) is 0 Å². The Bertz CT molecular complexity index is 1190. The Hall–Kier alpha value is -3.62. The molecule has 2 N–H and O–H groups in total. The minimum absolute atomic E-state index is 0.141. The quantitative estimate of drug-likeness (QED) is 0.348. The number of likely N-dealkylation sites (tertiary alicyclic amines) is 1. The van der Waals surface area contributed by atoms with Crippen LogP contribution < -0.4 is 14.2 Å². The van der Waals surface area contributed by atoms with Crippen molar-refractivity contribution in [2.75, 3.05) is 32.9 Å². The number of benzene rings is 3. The normalized spacial score (nSPS) is 15.2. The lowest BCUT2D eigenvalue weighted by Gasteiger charge is -2.38. The van der Waals surface area contributed by atoms with Crippen LogP contribution in [0.25, 0.3) is 11.1 Å². The molecule has 1 saturated heterocycles. The SMILES string of the molecule is CCOc1cc(CN2CCC(O)(COc3ccc(C(=O)O)cc3)CC2)cc(OCC)c1-c1ccc(F)cc1. The topological polar surface area (TPSA) is 88.5 Å². The molecule has 1 aliphatic rings. The first-order valence-corrected chi connectivity index (χ1v) is 12.9. The third kappa shape index (κ3) is 6.82. The number of halogens is 1. The molecule has 0 atom stereocenters. The van der Waals surface area contributed by atoms with Gasteiger partial charge < -0.3 is 24.4 Å². The summed E-state index contributed by atoms with van der Waals surface area (Å²) >= 11 is 0. The number of piperidine rings is 1. The molecular formula is C30H34FNO6. The van der Waals surface area contributed by atoms with Gasteiger partial charge in [-0.3, -0.25) is 4.90 Å². The fourth-order valence-corrected chi connectivity index (χ4v) is 4.62. The molecule has 4 rings (SSSR count). The van der Waals surface area contributed by atoms with Crippen LogP contribution in [0, 0.1) is 5.82 Å². The predicted octanol–water partition coefficient (Wildman–Crippen LogP) is 5.39. The third-order valence-electron chi connectivity index (χ3n) is 6.66. The molecule has 0 amide bonds. The van der Waals surface area contributed by atoms with Gasteiger partial charge in [0.2, 0.25) is 0 Å². The maximum absolute atomic E-state index is 13.5. The minimum atomic E-state index is -0.991. The zero-order valence-electron chi connectivity index (χ0n) is 21.8. The van der Waals surface area contributed by atoms with Gasteiger partial charge in [-0.05, 0) is 86.3 Å². The summed E-state index contributed by atoms with van der Waals surface area (Å²) in [5.41, 5.74) is 1.89. The van der Waals surface area contributed by atoms with Gasteiger partial charge in [0, 0.05) is 19.6 Å². The molecule has 0 spiro atoms. The highest BCUT2D eigenvalue weighted by atomic mass is 19.1. The van der Waals surface area contributed by atoms with E-state index in [0.717, 1.165) is 16.7 Å². The Balaban J connectivity index is 1.42. The summed E-state index contributed by atoms with van der Waals surface area (Å²) in [4.78, 5) is 13.3. The lowest BCUT2D eigenvalue weighted by Crippen LogP contribution is -2.47. The van der Waals surface area contributed by atoms with Crippen molar-refractivity contribution in [1.29, 1.82) is 0 Å². The zero-order valence-corrected chi connectivity index (χ0v) is 21.8. The second-order valence-electron chi connectivity index (χ2n) is 9.46. The van der Waals surface area contributed by atoms with E-state index >= 15 is 0 Å². The average molecular weight is 524 g/mol. The second kappa shape index (κ2) is 12.3. The van der Waals surface area contributed by atoms with Gasteiger partial charge >= 0.3 is 5.97 Å². The summed E-state index contributed by atoms with van der Waals surface area (Å²) in [6, 6.07) is 16.5. The molecule has 0 aliphatic carbocycles. The predicted molar refractivity (Wildman–Crippen MR) is 143 cm³/mol. The van der Waals surface area contributed by atoms with E-state index in [1.807, 2.05) is 26.0 Å². The molecule has 1 fully saturated rings. The summed E-state index contributed by atoms with van der Waals surface area (Å²) in [6.07, 6.45) is 1.09. The lowest BCUT2D eigenvalue weighted by molar-refractivity contribution is -0.0537. The van der Waals surface area contributed by atoms with E-state index in [2.05, 4.69) is 4.90 Å². The molecule has 0 aromatic heterocycles. The molecule has 0 bridgehead atoms. The monoisotopic (exact) mass is 523 g/mol. The number of aliphatic hydroxyl groups is 1. The van der Waals surface area contributed by atoms with Gasteiger partial charge in [-0.2, -0.15) is 0 Å². The smallest absolute Gasteiger partial charge is 0.335 e. The molecule has 0 unspecified atom stereocenters. The standard InChI is InChI=1S/C30H34FNO6/c1-3-36-26-17-21(18-27(37-4-2)28(26)22-5-9-24(31)10-6-22)19-32-15-13-30(35,14-16-32)20-38-25-11-7-23(8-12-25)29(33)34/h5-12,17-18,35H,3-4,13-16,19-20H2,1-2H3,(H,33,34). The van der Waals surface area contributed by atoms with Crippen molar-refractivity contribution < 1.29 is 33.6 Å². The van der Waals surface area contributed by atoms with Crippen LogP contribution in [0.5, 0.6) is 17.2 Å². The van der Waals surface area contributed by atoms with E-state index in [4.69, 9.17) is 19.3 Å². The summed E-state index contributed by atoms with van der Waals surface area (Å²) in [7, 11) is 0. The van der Waals surface area contributed by atoms with E-state index in [1.165, 1.54) is 24.3 Å². The Morgan fingerprint density at radius 1 is 0.921 bits per heavy atom. The molecule has 1 heterocycles. The van der Waals surface area contributed by atoms with Gasteiger partial charge in [0.25, 0.3) is 0 Å². The van der Waals surface area contributed by atoms with Crippen molar-refractivity contribution in [3.05, 3.63) is 77.6 Å². The third-order valence-corrected chi connectivity index (χ3v) is 6.66. The van der Waals surface area contributed by atoms with Gasteiger partial charge in [0.15, 0.2) is 0 Å². The number of ether oxygens (including phenoxy) is 3. The second-order valence-corrected chi connectivity index (χ2v) is 9.46. The zero-order chi connectivity index (χ0) is 27.1. The van der Waals surface area contributed by atoms with Crippen LogP contribution in [0.3, 0.4) is 0 Å². The number of hydrogen-bond acceptors (Lipinski definition) is 6. The van der Waals surface area contributed by atoms with E-state index in [0.29, 0.717) is 62.9 Å². The van der Waals surface area contributed by atoms with Crippen LogP contribution >= 0.6 is 0 Å². The van der Waals surface area contributed by atoms with Crippen LogP contribution in [-0.4, -0.2) is 59.6 Å². The summed E-state index contributed by atoms with van der Waals surface area (Å²) < 4.78 is 31.3. The van der Waals surface area contributed by atoms with Crippen molar-refractivity contribution >= 4 is 5.97 Å². The van der Waals surface area contributed by atoms with E-state index in [1.54, 1.807) is 24.3 Å². The lowest BCUT2D eigenvalue weighted by atomic mass is 9.92. The largest absolute Gasteiger partial charge is 0.493 e. The van der Waals surface area contributed by atoms with Gasteiger partial charge in [0.1, 0.15) is 35.3 Å². The van der Waals surface area contributed by atoms with E-state index in [-0.39, 0.29) is 18.0 Å². The Morgan fingerprint density at radius 3 is 2.03 bits per heavy atom. The summed E-state index contributed by atoms with van der Waals surface area (Å²) in [5, 5.41) is 20.1. The van der Waals surface area contributed by atoms with Crippen LogP contribution in [-0.2, 0) is 6.54 Å². The molecule has 38 heavy (non-hydrogen) atoms. The maximum Gasteiger partial charge on any atom is 0.335 e. The highest BCUT2D eigenvalue weighted by molar-refractivity contribution is 5.87. The van der Waals surface area contributed by atoms with Crippen LogP contribution in [0.15, 0.2) is 60.7 Å². The van der Waals surface area contributed by atoms with Crippen molar-refractivity contribution in [2.45, 2.75) is 38.8 Å². The van der Waals surface area contributed by atoms with Gasteiger partial charge in [-0.25, -0.2) is 9.18 Å². The van der Waals surface area contributed by atoms with E-state index < -0.39 is 11.6 Å². The number of carbonyl (C=O) groups is 1. The Labute approximate surface area is 222 Å². The molecule has 8 heteroatoms. The molecule has 0 saturated carbocycles.